The Hall–Kier alpha value is -2.55. The van der Waals surface area contributed by atoms with E-state index in [1.54, 1.807) is 13.2 Å². The van der Waals surface area contributed by atoms with Gasteiger partial charge in [0.15, 0.2) is 17.3 Å². The molecule has 0 atom stereocenters. The summed E-state index contributed by atoms with van der Waals surface area (Å²) in [6.45, 7) is 5.80. The molecule has 0 saturated carbocycles. The molecule has 0 saturated heterocycles. The molecule has 1 aliphatic carbocycles. The van der Waals surface area contributed by atoms with Crippen molar-refractivity contribution in [2.45, 2.75) is 26.9 Å². The van der Waals surface area contributed by atoms with Crippen LogP contribution in [0.1, 0.15) is 42.3 Å². The second kappa shape index (κ2) is 5.92. The van der Waals surface area contributed by atoms with Gasteiger partial charge in [0.05, 0.1) is 13.2 Å². The summed E-state index contributed by atoms with van der Waals surface area (Å²) < 4.78 is 11.5. The Bertz CT molecular complexity index is 786. The van der Waals surface area contributed by atoms with Crippen molar-refractivity contribution in [1.29, 1.82) is 0 Å². The van der Waals surface area contributed by atoms with Crippen LogP contribution in [0.2, 0.25) is 0 Å². The van der Waals surface area contributed by atoms with E-state index in [0.717, 1.165) is 22.3 Å². The van der Waals surface area contributed by atoms with Gasteiger partial charge in [-0.05, 0) is 38.5 Å². The van der Waals surface area contributed by atoms with Crippen molar-refractivity contribution in [3.05, 3.63) is 64.7 Å². The van der Waals surface area contributed by atoms with Gasteiger partial charge in [-0.3, -0.25) is 4.79 Å². The Morgan fingerprint density at radius 2 is 1.70 bits per heavy atom. The van der Waals surface area contributed by atoms with Crippen LogP contribution in [-0.2, 0) is 0 Å². The lowest BCUT2D eigenvalue weighted by atomic mass is 9.96. The standard InChI is InChI=1S/C20H20O3/c1-12(2)23-20-16(22-4)11-10-15-18(20)17(13(3)19(15)21)14-8-6-5-7-9-14/h5-12H,1-4H3. The monoisotopic (exact) mass is 308 g/mol. The molecule has 23 heavy (non-hydrogen) atoms. The number of ether oxygens (including phenoxy) is 2. The summed E-state index contributed by atoms with van der Waals surface area (Å²) in [6.07, 6.45) is -0.0107. The molecule has 3 heteroatoms. The number of hydrogen-bond donors (Lipinski definition) is 0. The van der Waals surface area contributed by atoms with E-state index in [-0.39, 0.29) is 11.9 Å². The van der Waals surface area contributed by atoms with E-state index in [4.69, 9.17) is 9.47 Å². The maximum Gasteiger partial charge on any atom is 0.190 e. The summed E-state index contributed by atoms with van der Waals surface area (Å²) in [7, 11) is 1.62. The molecule has 0 unspecified atom stereocenters. The minimum Gasteiger partial charge on any atom is -0.493 e. The quantitative estimate of drug-likeness (QED) is 0.834. The van der Waals surface area contributed by atoms with Gasteiger partial charge in [-0.15, -0.1) is 0 Å². The second-order valence-corrected chi connectivity index (χ2v) is 5.88. The fraction of sp³-hybridized carbons (Fsp3) is 0.250. The van der Waals surface area contributed by atoms with Gasteiger partial charge in [-0.2, -0.15) is 0 Å². The first-order valence-corrected chi connectivity index (χ1v) is 7.73. The number of carbonyl (C=O) groups is 1. The normalized spacial score (nSPS) is 13.5. The van der Waals surface area contributed by atoms with Gasteiger partial charge in [0, 0.05) is 22.3 Å². The van der Waals surface area contributed by atoms with Crippen molar-refractivity contribution in [3.63, 3.8) is 0 Å². The molecule has 3 nitrogen and oxygen atoms in total. The van der Waals surface area contributed by atoms with Crippen molar-refractivity contribution >= 4 is 11.4 Å². The van der Waals surface area contributed by atoms with E-state index in [1.807, 2.05) is 57.2 Å². The van der Waals surface area contributed by atoms with Crippen LogP contribution in [0.4, 0.5) is 0 Å². The Balaban J connectivity index is 2.29. The predicted octanol–water partition coefficient (Wildman–Crippen LogP) is 4.50. The first kappa shape index (κ1) is 15.3. The third kappa shape index (κ3) is 2.52. The molecule has 3 rings (SSSR count). The van der Waals surface area contributed by atoms with Crippen molar-refractivity contribution < 1.29 is 14.3 Å². The highest BCUT2D eigenvalue weighted by Crippen LogP contribution is 2.46. The number of carbonyl (C=O) groups excluding carboxylic acids is 1. The van der Waals surface area contributed by atoms with Crippen molar-refractivity contribution in [2.24, 2.45) is 0 Å². The summed E-state index contributed by atoms with van der Waals surface area (Å²) in [5.74, 6) is 1.34. The zero-order valence-electron chi connectivity index (χ0n) is 13.8. The first-order valence-electron chi connectivity index (χ1n) is 7.73. The SMILES string of the molecule is COc1ccc2c(c1OC(C)C)C(c1ccccc1)=C(C)C2=O. The van der Waals surface area contributed by atoms with E-state index >= 15 is 0 Å². The molecule has 0 bridgehead atoms. The van der Waals surface area contributed by atoms with Gasteiger partial charge in [-0.1, -0.05) is 30.3 Å². The summed E-state index contributed by atoms with van der Waals surface area (Å²) in [4.78, 5) is 12.7. The molecule has 1 aliphatic rings. The van der Waals surface area contributed by atoms with Gasteiger partial charge in [0.25, 0.3) is 0 Å². The minimum atomic E-state index is -0.0107. The van der Waals surface area contributed by atoms with Gasteiger partial charge < -0.3 is 9.47 Å². The lowest BCUT2D eigenvalue weighted by Crippen LogP contribution is -2.09. The Morgan fingerprint density at radius 1 is 1.00 bits per heavy atom. The van der Waals surface area contributed by atoms with Gasteiger partial charge in [0.2, 0.25) is 0 Å². The largest absolute Gasteiger partial charge is 0.493 e. The van der Waals surface area contributed by atoms with Crippen LogP contribution in [0.3, 0.4) is 0 Å². The lowest BCUT2D eigenvalue weighted by Gasteiger charge is -2.18. The number of Topliss-reactive ketones (excluding diaryl/α,β-unsaturated/α-hetero) is 1. The highest BCUT2D eigenvalue weighted by atomic mass is 16.5. The van der Waals surface area contributed by atoms with Crippen molar-refractivity contribution in [1.82, 2.24) is 0 Å². The maximum absolute atomic E-state index is 12.7. The second-order valence-electron chi connectivity index (χ2n) is 5.88. The molecule has 0 aromatic heterocycles. The van der Waals surface area contributed by atoms with E-state index in [0.29, 0.717) is 17.1 Å². The third-order valence-electron chi connectivity index (χ3n) is 3.97. The number of methoxy groups -OCH3 is 1. The molecule has 2 aromatic carbocycles. The minimum absolute atomic E-state index is 0.0107. The van der Waals surface area contributed by atoms with Crippen LogP contribution in [0.15, 0.2) is 48.0 Å². The highest BCUT2D eigenvalue weighted by molar-refractivity contribution is 6.23. The fourth-order valence-corrected chi connectivity index (χ4v) is 2.98. The molecule has 0 aliphatic heterocycles. The Kier molecular flexibility index (Phi) is 3.95. The predicted molar refractivity (Wildman–Crippen MR) is 91.2 cm³/mol. The summed E-state index contributed by atoms with van der Waals surface area (Å²) in [6, 6.07) is 13.6. The number of ketones is 1. The number of rotatable bonds is 4. The zero-order valence-corrected chi connectivity index (χ0v) is 13.8. The molecule has 2 aromatic rings. The van der Waals surface area contributed by atoms with Crippen LogP contribution in [0, 0.1) is 0 Å². The topological polar surface area (TPSA) is 35.5 Å². The summed E-state index contributed by atoms with van der Waals surface area (Å²) in [5, 5.41) is 0. The molecule has 118 valence electrons. The van der Waals surface area contributed by atoms with Crippen molar-refractivity contribution in [2.75, 3.05) is 7.11 Å². The lowest BCUT2D eigenvalue weighted by molar-refractivity contribution is 0.103. The molecule has 0 fully saturated rings. The average Bonchev–Trinajstić information content (AvgIpc) is 2.80. The van der Waals surface area contributed by atoms with Crippen LogP contribution in [0.5, 0.6) is 11.5 Å². The smallest absolute Gasteiger partial charge is 0.190 e. The van der Waals surface area contributed by atoms with Gasteiger partial charge >= 0.3 is 0 Å². The Labute approximate surface area is 136 Å². The van der Waals surface area contributed by atoms with Crippen LogP contribution in [-0.4, -0.2) is 19.0 Å². The first-order chi connectivity index (χ1) is 11.0. The van der Waals surface area contributed by atoms with Crippen LogP contribution < -0.4 is 9.47 Å². The molecule has 0 N–H and O–H groups in total. The zero-order chi connectivity index (χ0) is 16.6. The molecule has 0 spiro atoms. The molecule has 0 radical (unpaired) electrons. The van der Waals surface area contributed by atoms with E-state index in [9.17, 15) is 4.79 Å². The average molecular weight is 308 g/mol. The van der Waals surface area contributed by atoms with E-state index in [1.165, 1.54) is 0 Å². The molecule has 0 heterocycles. The van der Waals surface area contributed by atoms with E-state index < -0.39 is 0 Å². The third-order valence-corrected chi connectivity index (χ3v) is 3.97. The molecular formula is C20H20O3. The number of fused-ring (bicyclic) bond motifs is 1. The van der Waals surface area contributed by atoms with Crippen LogP contribution >= 0.6 is 0 Å². The summed E-state index contributed by atoms with van der Waals surface area (Å²) >= 11 is 0. The number of allylic oxidation sites excluding steroid dienone is 1. The van der Waals surface area contributed by atoms with Crippen LogP contribution in [0.25, 0.3) is 5.57 Å². The Morgan fingerprint density at radius 3 is 2.30 bits per heavy atom. The van der Waals surface area contributed by atoms with E-state index in [2.05, 4.69) is 0 Å². The fourth-order valence-electron chi connectivity index (χ4n) is 2.98. The van der Waals surface area contributed by atoms with Gasteiger partial charge in [-0.25, -0.2) is 0 Å². The number of benzene rings is 2. The number of hydrogen-bond acceptors (Lipinski definition) is 3. The summed E-state index contributed by atoms with van der Waals surface area (Å²) in [5.41, 5.74) is 4.21. The van der Waals surface area contributed by atoms with Crippen molar-refractivity contribution in [3.8, 4) is 11.5 Å². The molecular weight excluding hydrogens is 288 g/mol. The molecule has 0 amide bonds. The van der Waals surface area contributed by atoms with Gasteiger partial charge in [0.1, 0.15) is 0 Å². The maximum atomic E-state index is 12.7. The highest BCUT2D eigenvalue weighted by Gasteiger charge is 2.32.